The molecule has 1 fully saturated rings. The lowest BCUT2D eigenvalue weighted by Gasteiger charge is -2.30. The predicted octanol–water partition coefficient (Wildman–Crippen LogP) is 2.77. The van der Waals surface area contributed by atoms with Crippen LogP contribution in [0.1, 0.15) is 52.9 Å². The lowest BCUT2D eigenvalue weighted by Crippen LogP contribution is -2.37. The molecule has 1 atom stereocenters. The number of ketones is 1. The first kappa shape index (κ1) is 12.7. The molecule has 2 heteroatoms. The van der Waals surface area contributed by atoms with Gasteiger partial charge in [0.05, 0.1) is 0 Å². The van der Waals surface area contributed by atoms with Gasteiger partial charge in [-0.25, -0.2) is 0 Å². The molecule has 0 aliphatic carbocycles. The molecular weight excluding hydrogens is 186 g/mol. The van der Waals surface area contributed by atoms with E-state index in [0.29, 0.717) is 5.78 Å². The molecule has 0 aromatic heterocycles. The van der Waals surface area contributed by atoms with Gasteiger partial charge in [0.15, 0.2) is 0 Å². The second-order valence-electron chi connectivity index (χ2n) is 4.83. The molecule has 0 radical (unpaired) electrons. The monoisotopic (exact) mass is 211 g/mol. The fraction of sp³-hybridized carbons (Fsp3) is 0.923. The topological polar surface area (TPSA) is 29.1 Å². The zero-order valence-electron chi connectivity index (χ0n) is 10.4. The predicted molar refractivity (Wildman–Crippen MR) is 63.9 cm³/mol. The number of Topliss-reactive ketones (excluding diaryl/α,β-unsaturated/α-hetero) is 1. The lowest BCUT2D eigenvalue weighted by molar-refractivity contribution is -0.132. The highest BCUT2D eigenvalue weighted by Gasteiger charge is 2.41. The minimum Gasteiger partial charge on any atom is -0.316 e. The van der Waals surface area contributed by atoms with Crippen molar-refractivity contribution in [1.82, 2.24) is 5.32 Å². The van der Waals surface area contributed by atoms with Crippen molar-refractivity contribution in [2.24, 2.45) is 11.3 Å². The molecule has 88 valence electrons. The largest absolute Gasteiger partial charge is 0.316 e. The van der Waals surface area contributed by atoms with Crippen LogP contribution in [0.25, 0.3) is 0 Å². The van der Waals surface area contributed by atoms with Gasteiger partial charge < -0.3 is 5.32 Å². The number of rotatable bonds is 6. The molecule has 0 aromatic rings. The quantitative estimate of drug-likeness (QED) is 0.732. The molecule has 1 aliphatic heterocycles. The van der Waals surface area contributed by atoms with Gasteiger partial charge in [-0.1, -0.05) is 27.2 Å². The first-order valence-electron chi connectivity index (χ1n) is 6.45. The summed E-state index contributed by atoms with van der Waals surface area (Å²) in [5, 5.41) is 3.36. The Labute approximate surface area is 93.8 Å². The van der Waals surface area contributed by atoms with Gasteiger partial charge in [0, 0.05) is 17.9 Å². The highest BCUT2D eigenvalue weighted by molar-refractivity contribution is 5.87. The maximum absolute atomic E-state index is 12.5. The van der Waals surface area contributed by atoms with Gasteiger partial charge in [0.25, 0.3) is 0 Å². The average Bonchev–Trinajstić information content (AvgIpc) is 2.70. The second kappa shape index (κ2) is 5.64. The SMILES string of the molecule is CCCC1(C(=O)C(CC)CC)CCNC1. The highest BCUT2D eigenvalue weighted by Crippen LogP contribution is 2.36. The maximum atomic E-state index is 12.5. The van der Waals surface area contributed by atoms with Crippen molar-refractivity contribution in [1.29, 1.82) is 0 Å². The molecule has 0 saturated carbocycles. The van der Waals surface area contributed by atoms with Crippen LogP contribution < -0.4 is 5.32 Å². The molecule has 1 aliphatic rings. The van der Waals surface area contributed by atoms with Gasteiger partial charge >= 0.3 is 0 Å². The van der Waals surface area contributed by atoms with Gasteiger partial charge in [0.2, 0.25) is 0 Å². The molecule has 15 heavy (non-hydrogen) atoms. The average molecular weight is 211 g/mol. The molecule has 2 nitrogen and oxygen atoms in total. The van der Waals surface area contributed by atoms with Crippen LogP contribution in [0.2, 0.25) is 0 Å². The molecule has 1 unspecified atom stereocenters. The molecule has 0 spiro atoms. The fourth-order valence-electron chi connectivity index (χ4n) is 2.86. The van der Waals surface area contributed by atoms with Crippen molar-refractivity contribution in [2.45, 2.75) is 52.9 Å². The standard InChI is InChI=1S/C13H25NO/c1-4-7-13(8-9-14-10-13)12(15)11(5-2)6-3/h11,14H,4-10H2,1-3H3. The summed E-state index contributed by atoms with van der Waals surface area (Å²) in [6.45, 7) is 8.38. The third kappa shape index (κ3) is 2.60. The molecule has 0 aromatic carbocycles. The summed E-state index contributed by atoms with van der Waals surface area (Å²) in [5.74, 6) is 0.816. The van der Waals surface area contributed by atoms with Crippen molar-refractivity contribution in [2.75, 3.05) is 13.1 Å². The number of nitrogens with one attached hydrogen (secondary N) is 1. The van der Waals surface area contributed by atoms with E-state index in [2.05, 4.69) is 26.1 Å². The third-order valence-corrected chi connectivity index (χ3v) is 3.85. The Kier molecular flexibility index (Phi) is 4.78. The Balaban J connectivity index is 2.74. The first-order valence-corrected chi connectivity index (χ1v) is 6.45. The number of carbonyl (C=O) groups excluding carboxylic acids is 1. The Morgan fingerprint density at radius 1 is 1.33 bits per heavy atom. The lowest BCUT2D eigenvalue weighted by atomic mass is 9.72. The first-order chi connectivity index (χ1) is 7.20. The molecule has 1 saturated heterocycles. The van der Waals surface area contributed by atoms with Gasteiger partial charge in [0.1, 0.15) is 5.78 Å². The van der Waals surface area contributed by atoms with E-state index >= 15 is 0 Å². The zero-order chi connectivity index (χ0) is 11.3. The van der Waals surface area contributed by atoms with E-state index in [1.54, 1.807) is 0 Å². The van der Waals surface area contributed by atoms with Crippen LogP contribution in [0.4, 0.5) is 0 Å². The zero-order valence-corrected chi connectivity index (χ0v) is 10.4. The second-order valence-corrected chi connectivity index (χ2v) is 4.83. The van der Waals surface area contributed by atoms with Crippen LogP contribution in [0.15, 0.2) is 0 Å². The number of hydrogen-bond donors (Lipinski definition) is 1. The highest BCUT2D eigenvalue weighted by atomic mass is 16.1. The summed E-state index contributed by atoms with van der Waals surface area (Å²) in [5.41, 5.74) is -0.0224. The number of carbonyl (C=O) groups is 1. The number of hydrogen-bond acceptors (Lipinski definition) is 2. The van der Waals surface area contributed by atoms with Crippen molar-refractivity contribution < 1.29 is 4.79 Å². The van der Waals surface area contributed by atoms with Crippen LogP contribution in [0.3, 0.4) is 0 Å². The minimum atomic E-state index is -0.0224. The van der Waals surface area contributed by atoms with Crippen LogP contribution in [-0.2, 0) is 4.79 Å². The molecular formula is C13H25NO. The Hall–Kier alpha value is -0.370. The van der Waals surface area contributed by atoms with E-state index < -0.39 is 0 Å². The summed E-state index contributed by atoms with van der Waals surface area (Å²) in [4.78, 5) is 12.5. The van der Waals surface area contributed by atoms with Crippen LogP contribution >= 0.6 is 0 Å². The Bertz CT molecular complexity index is 203. The van der Waals surface area contributed by atoms with E-state index in [9.17, 15) is 4.79 Å². The third-order valence-electron chi connectivity index (χ3n) is 3.85. The van der Waals surface area contributed by atoms with Gasteiger partial charge in [-0.15, -0.1) is 0 Å². The maximum Gasteiger partial charge on any atom is 0.143 e. The minimum absolute atomic E-state index is 0.0224. The van der Waals surface area contributed by atoms with Crippen LogP contribution in [0.5, 0.6) is 0 Å². The van der Waals surface area contributed by atoms with E-state index in [4.69, 9.17) is 0 Å². The van der Waals surface area contributed by atoms with Crippen LogP contribution in [0, 0.1) is 11.3 Å². The molecule has 1 rings (SSSR count). The molecule has 1 heterocycles. The Morgan fingerprint density at radius 2 is 2.00 bits per heavy atom. The van der Waals surface area contributed by atoms with Crippen molar-refractivity contribution in [3.05, 3.63) is 0 Å². The Morgan fingerprint density at radius 3 is 2.40 bits per heavy atom. The van der Waals surface area contributed by atoms with Crippen molar-refractivity contribution in [3.8, 4) is 0 Å². The molecule has 0 bridgehead atoms. The smallest absolute Gasteiger partial charge is 0.143 e. The van der Waals surface area contributed by atoms with E-state index in [1.807, 2.05) is 0 Å². The molecule has 1 N–H and O–H groups in total. The van der Waals surface area contributed by atoms with E-state index in [0.717, 1.165) is 45.2 Å². The summed E-state index contributed by atoms with van der Waals surface area (Å²) < 4.78 is 0. The van der Waals surface area contributed by atoms with Gasteiger partial charge in [-0.2, -0.15) is 0 Å². The van der Waals surface area contributed by atoms with E-state index in [-0.39, 0.29) is 11.3 Å². The molecule has 0 amide bonds. The van der Waals surface area contributed by atoms with Gasteiger partial charge in [-0.3, -0.25) is 4.79 Å². The van der Waals surface area contributed by atoms with Crippen LogP contribution in [-0.4, -0.2) is 18.9 Å². The fourth-order valence-corrected chi connectivity index (χ4v) is 2.86. The summed E-state index contributed by atoms with van der Waals surface area (Å²) in [6, 6.07) is 0. The summed E-state index contributed by atoms with van der Waals surface area (Å²) in [6.07, 6.45) is 5.24. The van der Waals surface area contributed by atoms with Gasteiger partial charge in [-0.05, 0) is 32.2 Å². The summed E-state index contributed by atoms with van der Waals surface area (Å²) >= 11 is 0. The van der Waals surface area contributed by atoms with Crippen molar-refractivity contribution in [3.63, 3.8) is 0 Å². The summed E-state index contributed by atoms with van der Waals surface area (Å²) in [7, 11) is 0. The van der Waals surface area contributed by atoms with Crippen molar-refractivity contribution >= 4 is 5.78 Å². The van der Waals surface area contributed by atoms with E-state index in [1.165, 1.54) is 0 Å². The normalized spacial score (nSPS) is 26.1.